The molecule has 0 spiro atoms. The molecule has 1 N–H and O–H groups in total. The molecule has 0 saturated carbocycles. The summed E-state index contributed by atoms with van der Waals surface area (Å²) in [5.41, 5.74) is 1.32. The molecule has 1 atom stereocenters. The number of anilines is 1. The van der Waals surface area contributed by atoms with Crippen molar-refractivity contribution in [1.29, 1.82) is 0 Å². The third-order valence-electron chi connectivity index (χ3n) is 5.32. The van der Waals surface area contributed by atoms with Crippen LogP contribution in [-0.4, -0.2) is 47.4 Å². The van der Waals surface area contributed by atoms with Gasteiger partial charge in [-0.25, -0.2) is 8.42 Å². The molecule has 9 heteroatoms. The number of sulfonamides is 1. The summed E-state index contributed by atoms with van der Waals surface area (Å²) < 4.78 is 42.6. The Kier molecular flexibility index (Phi) is 8.59. The fourth-order valence-electron chi connectivity index (χ4n) is 3.61. The molecular formula is C26H30N2O6S. The van der Waals surface area contributed by atoms with E-state index in [0.717, 1.165) is 16.1 Å². The molecule has 3 aromatic rings. The number of rotatable bonds is 11. The number of carbonyl (C=O) groups is 1. The summed E-state index contributed by atoms with van der Waals surface area (Å²) in [6.45, 7) is 1.89. The predicted octanol–water partition coefficient (Wildman–Crippen LogP) is 4.01. The number of methoxy groups -OCH3 is 2. The van der Waals surface area contributed by atoms with Gasteiger partial charge in [-0.1, -0.05) is 24.3 Å². The Bertz CT molecular complexity index is 1230. The average molecular weight is 499 g/mol. The van der Waals surface area contributed by atoms with Crippen LogP contribution in [0.3, 0.4) is 0 Å². The van der Waals surface area contributed by atoms with Crippen molar-refractivity contribution in [2.75, 3.05) is 31.3 Å². The van der Waals surface area contributed by atoms with Crippen molar-refractivity contribution in [2.45, 2.75) is 19.4 Å². The highest BCUT2D eigenvalue weighted by molar-refractivity contribution is 7.92. The van der Waals surface area contributed by atoms with Crippen molar-refractivity contribution < 1.29 is 27.4 Å². The maximum atomic E-state index is 12.8. The lowest BCUT2D eigenvalue weighted by atomic mass is 10.1. The van der Waals surface area contributed by atoms with Gasteiger partial charge in [0.2, 0.25) is 15.9 Å². The largest absolute Gasteiger partial charge is 0.493 e. The van der Waals surface area contributed by atoms with Gasteiger partial charge in [-0.05, 0) is 67.4 Å². The van der Waals surface area contributed by atoms with Crippen molar-refractivity contribution in [3.63, 3.8) is 0 Å². The summed E-state index contributed by atoms with van der Waals surface area (Å²) in [7, 11) is -0.600. The number of amides is 1. The second-order valence-electron chi connectivity index (χ2n) is 7.87. The van der Waals surface area contributed by atoms with Crippen LogP contribution < -0.4 is 23.8 Å². The zero-order valence-corrected chi connectivity index (χ0v) is 21.0. The molecule has 0 bridgehead atoms. The standard InChI is InChI=1S/C26H30N2O6S/c1-19(26(29)27-17-16-20-10-15-24(32-2)25(18-20)33-3)28(35(4,30)31)21-11-13-23(14-12-21)34-22-8-6-5-7-9-22/h5-15,18-19H,16-17H2,1-4H3,(H,27,29)/t19-/m0/s1. The molecule has 186 valence electrons. The Morgan fingerprint density at radius 3 is 2.14 bits per heavy atom. The van der Waals surface area contributed by atoms with E-state index in [1.807, 2.05) is 42.5 Å². The zero-order chi connectivity index (χ0) is 25.4. The van der Waals surface area contributed by atoms with E-state index in [-0.39, 0.29) is 0 Å². The predicted molar refractivity (Wildman–Crippen MR) is 136 cm³/mol. The van der Waals surface area contributed by atoms with Crippen LogP contribution in [0.5, 0.6) is 23.0 Å². The number of benzene rings is 3. The van der Waals surface area contributed by atoms with Crippen LogP contribution in [0.4, 0.5) is 5.69 Å². The average Bonchev–Trinajstić information content (AvgIpc) is 2.84. The minimum absolute atomic E-state index is 0.333. The SMILES string of the molecule is COc1ccc(CCNC(=O)[C@H](C)N(c2ccc(Oc3ccccc3)cc2)S(C)(=O)=O)cc1OC. The molecule has 0 aliphatic rings. The summed E-state index contributed by atoms with van der Waals surface area (Å²) >= 11 is 0. The highest BCUT2D eigenvalue weighted by atomic mass is 32.2. The number of carbonyl (C=O) groups excluding carboxylic acids is 1. The number of nitrogens with zero attached hydrogens (tertiary/aromatic N) is 1. The number of hydrogen-bond acceptors (Lipinski definition) is 6. The summed E-state index contributed by atoms with van der Waals surface area (Å²) in [4.78, 5) is 12.8. The van der Waals surface area contributed by atoms with E-state index < -0.39 is 22.0 Å². The Hall–Kier alpha value is -3.72. The van der Waals surface area contributed by atoms with Gasteiger partial charge in [-0.3, -0.25) is 9.10 Å². The number of para-hydroxylation sites is 1. The first-order valence-corrected chi connectivity index (χ1v) is 12.9. The van der Waals surface area contributed by atoms with E-state index in [1.165, 1.54) is 0 Å². The molecule has 0 unspecified atom stereocenters. The van der Waals surface area contributed by atoms with Crippen LogP contribution >= 0.6 is 0 Å². The topological polar surface area (TPSA) is 94.2 Å². The van der Waals surface area contributed by atoms with Crippen molar-refractivity contribution >= 4 is 21.6 Å². The minimum Gasteiger partial charge on any atom is -0.493 e. The van der Waals surface area contributed by atoms with Gasteiger partial charge < -0.3 is 19.5 Å². The van der Waals surface area contributed by atoms with Gasteiger partial charge in [0.15, 0.2) is 11.5 Å². The summed E-state index contributed by atoms with van der Waals surface area (Å²) in [6.07, 6.45) is 1.62. The highest BCUT2D eigenvalue weighted by Gasteiger charge is 2.29. The number of nitrogens with one attached hydrogen (secondary N) is 1. The third kappa shape index (κ3) is 6.89. The molecule has 0 aliphatic heterocycles. The molecule has 0 radical (unpaired) electrons. The molecule has 0 heterocycles. The van der Waals surface area contributed by atoms with E-state index in [1.54, 1.807) is 51.5 Å². The fourth-order valence-corrected chi connectivity index (χ4v) is 4.78. The second kappa shape index (κ2) is 11.6. The molecule has 3 aromatic carbocycles. The van der Waals surface area contributed by atoms with Crippen LogP contribution in [0.2, 0.25) is 0 Å². The molecule has 3 rings (SSSR count). The van der Waals surface area contributed by atoms with Crippen LogP contribution in [0.1, 0.15) is 12.5 Å². The van der Waals surface area contributed by atoms with E-state index in [0.29, 0.717) is 41.7 Å². The Morgan fingerprint density at radius 1 is 0.914 bits per heavy atom. The van der Waals surface area contributed by atoms with E-state index in [2.05, 4.69) is 5.32 Å². The zero-order valence-electron chi connectivity index (χ0n) is 20.2. The molecular weight excluding hydrogens is 468 g/mol. The molecule has 0 aliphatic carbocycles. The summed E-state index contributed by atoms with van der Waals surface area (Å²) in [6, 6.07) is 20.4. The molecule has 35 heavy (non-hydrogen) atoms. The summed E-state index contributed by atoms with van der Waals surface area (Å²) in [5.74, 6) is 2.05. The van der Waals surface area contributed by atoms with E-state index >= 15 is 0 Å². The first-order chi connectivity index (χ1) is 16.7. The first-order valence-electron chi connectivity index (χ1n) is 11.0. The molecule has 0 fully saturated rings. The van der Waals surface area contributed by atoms with Crippen molar-refractivity contribution in [3.8, 4) is 23.0 Å². The Morgan fingerprint density at radius 2 is 1.54 bits per heavy atom. The Balaban J connectivity index is 1.66. The molecule has 0 saturated heterocycles. The van der Waals surface area contributed by atoms with Crippen molar-refractivity contribution in [2.24, 2.45) is 0 Å². The van der Waals surface area contributed by atoms with Gasteiger partial charge in [0.05, 0.1) is 26.2 Å². The van der Waals surface area contributed by atoms with Gasteiger partial charge in [0, 0.05) is 6.54 Å². The minimum atomic E-state index is -3.73. The smallest absolute Gasteiger partial charge is 0.243 e. The normalized spacial score (nSPS) is 11.9. The van der Waals surface area contributed by atoms with Gasteiger partial charge >= 0.3 is 0 Å². The van der Waals surface area contributed by atoms with Crippen molar-refractivity contribution in [1.82, 2.24) is 5.32 Å². The highest BCUT2D eigenvalue weighted by Crippen LogP contribution is 2.28. The lowest BCUT2D eigenvalue weighted by Gasteiger charge is -2.28. The van der Waals surface area contributed by atoms with E-state index in [4.69, 9.17) is 14.2 Å². The quantitative estimate of drug-likeness (QED) is 0.429. The lowest BCUT2D eigenvalue weighted by molar-refractivity contribution is -0.121. The van der Waals surface area contributed by atoms with Gasteiger partial charge in [0.25, 0.3) is 0 Å². The van der Waals surface area contributed by atoms with E-state index in [9.17, 15) is 13.2 Å². The van der Waals surface area contributed by atoms with Gasteiger partial charge in [-0.15, -0.1) is 0 Å². The number of ether oxygens (including phenoxy) is 3. The lowest BCUT2D eigenvalue weighted by Crippen LogP contribution is -2.48. The van der Waals surface area contributed by atoms with Gasteiger partial charge in [0.1, 0.15) is 17.5 Å². The Labute approximate surface area is 206 Å². The summed E-state index contributed by atoms with van der Waals surface area (Å²) in [5, 5.41) is 2.82. The monoisotopic (exact) mass is 498 g/mol. The van der Waals surface area contributed by atoms with Crippen LogP contribution in [0.25, 0.3) is 0 Å². The van der Waals surface area contributed by atoms with Crippen LogP contribution in [0.15, 0.2) is 72.8 Å². The van der Waals surface area contributed by atoms with Crippen LogP contribution in [-0.2, 0) is 21.2 Å². The van der Waals surface area contributed by atoms with Gasteiger partial charge in [-0.2, -0.15) is 0 Å². The second-order valence-corrected chi connectivity index (χ2v) is 9.73. The molecule has 1 amide bonds. The van der Waals surface area contributed by atoms with Crippen LogP contribution in [0, 0.1) is 0 Å². The molecule has 0 aromatic heterocycles. The molecule has 8 nitrogen and oxygen atoms in total. The number of hydrogen-bond donors (Lipinski definition) is 1. The maximum absolute atomic E-state index is 12.8. The fraction of sp³-hybridized carbons (Fsp3) is 0.269. The maximum Gasteiger partial charge on any atom is 0.243 e. The third-order valence-corrected chi connectivity index (χ3v) is 6.56. The van der Waals surface area contributed by atoms with Crippen molar-refractivity contribution in [3.05, 3.63) is 78.4 Å². The first kappa shape index (κ1) is 25.9.